The number of hydrogen-bond acceptors (Lipinski definition) is 9. The first-order valence-corrected chi connectivity index (χ1v) is 23.0. The molecule has 70 heavy (non-hydrogen) atoms. The molecule has 356 valence electrons. The van der Waals surface area contributed by atoms with E-state index in [0.717, 1.165) is 60.8 Å². The molecule has 0 saturated carbocycles. The van der Waals surface area contributed by atoms with Gasteiger partial charge in [-0.15, -0.1) is 12.4 Å². The van der Waals surface area contributed by atoms with Gasteiger partial charge in [0.15, 0.2) is 0 Å². The number of anilines is 2. The number of carboxylic acids is 1. The number of amides is 3. The van der Waals surface area contributed by atoms with Gasteiger partial charge in [0.1, 0.15) is 0 Å². The van der Waals surface area contributed by atoms with Crippen LogP contribution in [0.1, 0.15) is 20.7 Å². The summed E-state index contributed by atoms with van der Waals surface area (Å²) in [5.41, 5.74) is 13.5. The zero-order chi connectivity index (χ0) is 48.0. The third-order valence-electron chi connectivity index (χ3n) is 12.3. The summed E-state index contributed by atoms with van der Waals surface area (Å²) in [5, 5.41) is 15.3. The number of para-hydroxylation sites is 2. The standard InChI is InChI=1S/C28H26N4O2.C18H21N3O.C10H7NO2.ClH/c33-27(20-30-28(34)23-10-11-24-19-29-13-12-22(24)18-23)32-16-14-31(15-17-32)26-9-5-4-8-25(26)21-6-2-1-3-7-21;19-14-18(22)21-12-10-20(11-13-21)17-9-5-4-8-16(17)15-6-2-1-3-7-15;12-10(13)8-1-2-9-6-11-4-3-7(9)5-8;/h1-13,18-19H,14-17,20H2,(H,30,34);1-9H,10-14,19H2;1-6H,(H,12,13);1H. The molecule has 0 radical (unpaired) electrons. The van der Waals surface area contributed by atoms with Crippen molar-refractivity contribution in [3.63, 3.8) is 0 Å². The summed E-state index contributed by atoms with van der Waals surface area (Å²) in [7, 11) is 0. The number of benzene rings is 6. The molecule has 0 unspecified atom stereocenters. The Kier molecular flexibility index (Phi) is 17.2. The second-order valence-electron chi connectivity index (χ2n) is 16.6. The van der Waals surface area contributed by atoms with Gasteiger partial charge >= 0.3 is 5.97 Å². The van der Waals surface area contributed by atoms with E-state index < -0.39 is 5.97 Å². The molecule has 13 nitrogen and oxygen atoms in total. The molecule has 0 bridgehead atoms. The maximum absolute atomic E-state index is 12.8. The minimum atomic E-state index is -0.904. The summed E-state index contributed by atoms with van der Waals surface area (Å²) in [6.45, 7) is 6.00. The first kappa shape index (κ1) is 49.8. The monoisotopic (exact) mass is 954 g/mol. The Bertz CT molecular complexity index is 3030. The molecule has 8 aromatic rings. The van der Waals surface area contributed by atoms with Gasteiger partial charge in [-0.05, 0) is 70.4 Å². The molecule has 10 rings (SSSR count). The van der Waals surface area contributed by atoms with E-state index in [0.29, 0.717) is 24.2 Å². The number of aromatic nitrogens is 2. The lowest BCUT2D eigenvalue weighted by Gasteiger charge is -2.37. The number of carboxylic acid groups (broad SMARTS) is 1. The van der Waals surface area contributed by atoms with Crippen LogP contribution in [0.2, 0.25) is 0 Å². The maximum Gasteiger partial charge on any atom is 0.335 e. The summed E-state index contributed by atoms with van der Waals surface area (Å²) in [6, 6.07) is 51.7. The lowest BCUT2D eigenvalue weighted by atomic mass is 10.0. The molecular weight excluding hydrogens is 900 g/mol. The van der Waals surface area contributed by atoms with E-state index in [2.05, 4.69) is 110 Å². The molecule has 2 saturated heterocycles. The Morgan fingerprint density at radius 2 is 0.929 bits per heavy atom. The lowest BCUT2D eigenvalue weighted by molar-refractivity contribution is -0.130. The number of hydrogen-bond donors (Lipinski definition) is 3. The fourth-order valence-electron chi connectivity index (χ4n) is 8.56. The predicted molar refractivity (Wildman–Crippen MR) is 280 cm³/mol. The van der Waals surface area contributed by atoms with Crippen LogP contribution in [0.5, 0.6) is 0 Å². The van der Waals surface area contributed by atoms with E-state index in [1.807, 2.05) is 52.3 Å². The molecule has 3 amide bonds. The molecule has 14 heteroatoms. The summed E-state index contributed by atoms with van der Waals surface area (Å²) in [4.78, 5) is 64.0. The van der Waals surface area contributed by atoms with E-state index >= 15 is 0 Å². The van der Waals surface area contributed by atoms with Crippen LogP contribution in [0.3, 0.4) is 0 Å². The molecule has 0 aliphatic carbocycles. The number of carbonyl (C=O) groups is 4. The third kappa shape index (κ3) is 12.5. The number of carbonyl (C=O) groups excluding carboxylic acids is 3. The quantitative estimate of drug-likeness (QED) is 0.128. The summed E-state index contributed by atoms with van der Waals surface area (Å²) in [6.07, 6.45) is 6.82. The highest BCUT2D eigenvalue weighted by Gasteiger charge is 2.24. The van der Waals surface area contributed by atoms with Crippen molar-refractivity contribution >= 4 is 69.0 Å². The Labute approximate surface area is 413 Å². The average Bonchev–Trinajstić information content (AvgIpc) is 3.42. The van der Waals surface area contributed by atoms with Crippen LogP contribution in [0.15, 0.2) is 183 Å². The van der Waals surface area contributed by atoms with Crippen molar-refractivity contribution in [2.24, 2.45) is 5.73 Å². The number of nitrogens with two attached hydrogens (primary N) is 1. The molecule has 0 spiro atoms. The lowest BCUT2D eigenvalue weighted by Crippen LogP contribution is -2.51. The number of halogens is 1. The van der Waals surface area contributed by atoms with Crippen LogP contribution < -0.4 is 20.9 Å². The second-order valence-corrected chi connectivity index (χ2v) is 16.6. The van der Waals surface area contributed by atoms with Crippen molar-refractivity contribution in [3.05, 3.63) is 194 Å². The van der Waals surface area contributed by atoms with Gasteiger partial charge in [0, 0.05) is 116 Å². The SMILES string of the molecule is Cl.NCC(=O)N1CCN(c2ccccc2-c2ccccc2)CC1.O=C(NCC(=O)N1CCN(c2ccccc2-c2ccccc2)CC1)c1ccc2cnccc2c1.O=C(O)c1ccc2cnccc2c1. The van der Waals surface area contributed by atoms with Gasteiger partial charge in [-0.1, -0.05) is 109 Å². The topological polar surface area (TPSA) is 165 Å². The summed E-state index contributed by atoms with van der Waals surface area (Å²) >= 11 is 0. The summed E-state index contributed by atoms with van der Waals surface area (Å²) in [5.74, 6) is -1.17. The first-order chi connectivity index (χ1) is 33.7. The smallest absolute Gasteiger partial charge is 0.335 e. The van der Waals surface area contributed by atoms with Gasteiger partial charge in [0.2, 0.25) is 11.8 Å². The van der Waals surface area contributed by atoms with Crippen LogP contribution in [0.4, 0.5) is 11.4 Å². The molecule has 2 aliphatic heterocycles. The van der Waals surface area contributed by atoms with Crippen LogP contribution in [0.25, 0.3) is 43.8 Å². The third-order valence-corrected chi connectivity index (χ3v) is 12.3. The fraction of sp³-hybridized carbons (Fsp3) is 0.179. The van der Waals surface area contributed by atoms with Crippen molar-refractivity contribution in [1.82, 2.24) is 25.1 Å². The molecular formula is C56H55ClN8O5. The maximum atomic E-state index is 12.8. The van der Waals surface area contributed by atoms with Crippen molar-refractivity contribution in [2.75, 3.05) is 75.2 Å². The van der Waals surface area contributed by atoms with Crippen LogP contribution >= 0.6 is 12.4 Å². The van der Waals surface area contributed by atoms with Gasteiger partial charge in [-0.25, -0.2) is 4.79 Å². The molecule has 4 N–H and O–H groups in total. The van der Waals surface area contributed by atoms with Gasteiger partial charge < -0.3 is 35.8 Å². The number of aromatic carboxylic acids is 1. The Hall–Kier alpha value is -8.13. The van der Waals surface area contributed by atoms with Gasteiger partial charge in [-0.2, -0.15) is 0 Å². The highest BCUT2D eigenvalue weighted by atomic mass is 35.5. The number of nitrogens with one attached hydrogen (secondary N) is 1. The Morgan fingerprint density at radius 3 is 1.40 bits per heavy atom. The molecule has 2 aliphatic rings. The average molecular weight is 956 g/mol. The van der Waals surface area contributed by atoms with Crippen molar-refractivity contribution < 1.29 is 24.3 Å². The van der Waals surface area contributed by atoms with E-state index in [-0.39, 0.29) is 43.2 Å². The Balaban J connectivity index is 0.000000171. The van der Waals surface area contributed by atoms with E-state index in [9.17, 15) is 19.2 Å². The molecule has 4 heterocycles. The van der Waals surface area contributed by atoms with Crippen molar-refractivity contribution in [1.29, 1.82) is 0 Å². The molecule has 6 aromatic carbocycles. The second kappa shape index (κ2) is 24.2. The highest BCUT2D eigenvalue weighted by molar-refractivity contribution is 6.00. The molecule has 2 aromatic heterocycles. The highest BCUT2D eigenvalue weighted by Crippen LogP contribution is 2.32. The van der Waals surface area contributed by atoms with Gasteiger partial charge in [0.25, 0.3) is 5.91 Å². The molecule has 0 atom stereocenters. The van der Waals surface area contributed by atoms with Crippen LogP contribution in [0, 0.1) is 0 Å². The minimum absolute atomic E-state index is 0. The summed E-state index contributed by atoms with van der Waals surface area (Å²) < 4.78 is 0. The van der Waals surface area contributed by atoms with Crippen molar-refractivity contribution in [2.45, 2.75) is 0 Å². The first-order valence-electron chi connectivity index (χ1n) is 23.0. The van der Waals surface area contributed by atoms with E-state index in [4.69, 9.17) is 10.8 Å². The van der Waals surface area contributed by atoms with Crippen LogP contribution in [-0.2, 0) is 9.59 Å². The van der Waals surface area contributed by atoms with Crippen LogP contribution in [-0.4, -0.2) is 114 Å². The normalized spacial score (nSPS) is 13.2. The Morgan fingerprint density at radius 1 is 0.500 bits per heavy atom. The van der Waals surface area contributed by atoms with E-state index in [1.54, 1.807) is 55.1 Å². The van der Waals surface area contributed by atoms with Gasteiger partial charge in [0.05, 0.1) is 18.7 Å². The minimum Gasteiger partial charge on any atom is -0.478 e. The van der Waals surface area contributed by atoms with Gasteiger partial charge in [-0.3, -0.25) is 24.4 Å². The largest absolute Gasteiger partial charge is 0.478 e. The predicted octanol–water partition coefficient (Wildman–Crippen LogP) is 8.30. The zero-order valence-electron chi connectivity index (χ0n) is 38.6. The zero-order valence-corrected chi connectivity index (χ0v) is 39.5. The number of pyridine rings is 2. The van der Waals surface area contributed by atoms with Crippen molar-refractivity contribution in [3.8, 4) is 22.3 Å². The fourth-order valence-corrected chi connectivity index (χ4v) is 8.56. The number of nitrogens with zero attached hydrogens (tertiary/aromatic N) is 6. The van der Waals surface area contributed by atoms with E-state index in [1.165, 1.54) is 33.6 Å². The number of rotatable bonds is 9. The number of piperazine rings is 2. The number of fused-ring (bicyclic) bond motifs is 2. The molecule has 2 fully saturated rings.